The molecule has 2 heterocycles. The van der Waals surface area contributed by atoms with Crippen LogP contribution in [0.2, 0.25) is 0 Å². The average molecular weight is 497 g/mol. The Morgan fingerprint density at radius 2 is 1.65 bits per heavy atom. The van der Waals surface area contributed by atoms with Crippen LogP contribution in [0.3, 0.4) is 0 Å². The van der Waals surface area contributed by atoms with E-state index >= 15 is 0 Å². The number of fused-ring (bicyclic) bond motifs is 1. The Bertz CT molecular complexity index is 1560. The minimum absolute atomic E-state index is 0.0716. The normalized spacial score (nSPS) is 14.5. The number of carbonyl (C=O) groups excluding carboxylic acids is 1. The lowest BCUT2D eigenvalue weighted by Crippen LogP contribution is -2.31. The maximum atomic E-state index is 13.5. The van der Waals surface area contributed by atoms with Crippen LogP contribution in [0.25, 0.3) is 11.4 Å². The van der Waals surface area contributed by atoms with Gasteiger partial charge in [-0.2, -0.15) is 4.98 Å². The molecule has 3 aromatic carbocycles. The van der Waals surface area contributed by atoms with Gasteiger partial charge in [-0.05, 0) is 36.8 Å². The van der Waals surface area contributed by atoms with Crippen LogP contribution in [-0.4, -0.2) is 30.5 Å². The Morgan fingerprint density at radius 1 is 0.946 bits per heavy atom. The monoisotopic (exact) mass is 497 g/mol. The quantitative estimate of drug-likeness (QED) is 0.287. The second-order valence-corrected chi connectivity index (χ2v) is 8.25. The van der Waals surface area contributed by atoms with Gasteiger partial charge < -0.3 is 10.6 Å². The van der Waals surface area contributed by atoms with Crippen LogP contribution < -0.4 is 10.6 Å². The number of non-ortho nitro benzene ring substituents is 2. The van der Waals surface area contributed by atoms with E-state index in [0.29, 0.717) is 34.0 Å². The Labute approximate surface area is 209 Å². The molecule has 1 unspecified atom stereocenters. The fourth-order valence-electron chi connectivity index (χ4n) is 4.14. The number of nitrogens with one attached hydrogen (secondary N) is 2. The van der Waals surface area contributed by atoms with E-state index in [0.717, 1.165) is 0 Å². The van der Waals surface area contributed by atoms with Crippen molar-refractivity contribution in [3.8, 4) is 11.4 Å². The number of allylic oxidation sites excluding steroid dienone is 1. The summed E-state index contributed by atoms with van der Waals surface area (Å²) in [6.45, 7) is 1.72. The van der Waals surface area contributed by atoms with Crippen LogP contribution in [0.5, 0.6) is 0 Å². The van der Waals surface area contributed by atoms with E-state index in [1.165, 1.54) is 41.1 Å². The molecule has 0 bridgehead atoms. The molecule has 0 aliphatic carbocycles. The fraction of sp³-hybridized carbons (Fsp3) is 0.0800. The first kappa shape index (κ1) is 23.4. The van der Waals surface area contributed by atoms with E-state index in [9.17, 15) is 25.0 Å². The Hall–Kier alpha value is -5.39. The molecule has 184 valence electrons. The second kappa shape index (κ2) is 9.34. The van der Waals surface area contributed by atoms with Gasteiger partial charge in [-0.1, -0.05) is 30.3 Å². The third kappa shape index (κ3) is 4.50. The van der Waals surface area contributed by atoms with Crippen molar-refractivity contribution in [2.75, 3.05) is 10.6 Å². The summed E-state index contributed by atoms with van der Waals surface area (Å²) >= 11 is 0. The molecule has 0 spiro atoms. The number of hydrogen-bond donors (Lipinski definition) is 2. The van der Waals surface area contributed by atoms with Gasteiger partial charge in [-0.3, -0.25) is 25.0 Å². The molecule has 1 aliphatic rings. The Balaban J connectivity index is 1.61. The van der Waals surface area contributed by atoms with Crippen LogP contribution in [0, 0.1) is 20.2 Å². The van der Waals surface area contributed by atoms with E-state index in [1.807, 2.05) is 6.07 Å². The molecular weight excluding hydrogens is 478 g/mol. The molecular formula is C25H19N7O5. The number of aromatic nitrogens is 3. The van der Waals surface area contributed by atoms with Crippen molar-refractivity contribution in [2.45, 2.75) is 13.0 Å². The zero-order chi connectivity index (χ0) is 26.1. The van der Waals surface area contributed by atoms with Crippen molar-refractivity contribution in [1.82, 2.24) is 14.8 Å². The largest absolute Gasteiger partial charge is 0.328 e. The first-order valence-electron chi connectivity index (χ1n) is 11.1. The highest BCUT2D eigenvalue weighted by atomic mass is 16.6. The lowest BCUT2D eigenvalue weighted by atomic mass is 9.94. The first-order chi connectivity index (χ1) is 17.8. The summed E-state index contributed by atoms with van der Waals surface area (Å²) < 4.78 is 1.49. The van der Waals surface area contributed by atoms with Crippen LogP contribution in [0.4, 0.5) is 23.0 Å². The minimum Gasteiger partial charge on any atom is -0.328 e. The minimum atomic E-state index is -0.834. The number of rotatable bonds is 6. The van der Waals surface area contributed by atoms with Gasteiger partial charge >= 0.3 is 0 Å². The summed E-state index contributed by atoms with van der Waals surface area (Å²) in [5, 5.41) is 33.1. The lowest BCUT2D eigenvalue weighted by Gasteiger charge is -2.28. The summed E-state index contributed by atoms with van der Waals surface area (Å²) in [6.07, 6.45) is 0. The fourth-order valence-corrected chi connectivity index (χ4v) is 4.14. The maximum absolute atomic E-state index is 13.5. The number of nitro groups is 2. The van der Waals surface area contributed by atoms with Gasteiger partial charge in [0.05, 0.1) is 15.4 Å². The maximum Gasteiger partial charge on any atom is 0.269 e. The molecule has 4 aromatic rings. The highest BCUT2D eigenvalue weighted by Crippen LogP contribution is 2.38. The van der Waals surface area contributed by atoms with Crippen LogP contribution >= 0.6 is 0 Å². The Morgan fingerprint density at radius 3 is 2.32 bits per heavy atom. The van der Waals surface area contributed by atoms with Crippen molar-refractivity contribution < 1.29 is 14.6 Å². The highest BCUT2D eigenvalue weighted by Gasteiger charge is 2.35. The van der Waals surface area contributed by atoms with E-state index in [-0.39, 0.29) is 17.2 Å². The topological polar surface area (TPSA) is 158 Å². The van der Waals surface area contributed by atoms with E-state index in [1.54, 1.807) is 43.3 Å². The van der Waals surface area contributed by atoms with Gasteiger partial charge in [0, 0.05) is 41.2 Å². The van der Waals surface area contributed by atoms with Gasteiger partial charge in [0.2, 0.25) is 5.95 Å². The standard InChI is InChI=1S/C25H19N7O5/c1-15-21(24(33)27-18-7-3-2-4-8-18)22(17-6-5-9-20(14-17)32(36)37)30-25(26-15)28-23(29-30)16-10-12-19(13-11-16)31(34)35/h2-14,22H,1H3,(H,27,33)(H,26,28,29). The molecule has 1 aliphatic heterocycles. The summed E-state index contributed by atoms with van der Waals surface area (Å²) in [6, 6.07) is 19.8. The van der Waals surface area contributed by atoms with Crippen molar-refractivity contribution in [1.29, 1.82) is 0 Å². The molecule has 0 saturated heterocycles. The van der Waals surface area contributed by atoms with Crippen molar-refractivity contribution in [3.05, 3.63) is 116 Å². The zero-order valence-corrected chi connectivity index (χ0v) is 19.4. The third-order valence-electron chi connectivity index (χ3n) is 5.86. The number of nitrogens with zero attached hydrogens (tertiary/aromatic N) is 5. The SMILES string of the molecule is CC1=C(C(=O)Nc2ccccc2)C(c2cccc([N+](=O)[O-])c2)n2nc(-c3ccc([N+](=O)[O-])cc3)nc2N1. The van der Waals surface area contributed by atoms with E-state index < -0.39 is 21.8 Å². The number of nitro benzene ring substituents is 2. The molecule has 12 heteroatoms. The summed E-state index contributed by atoms with van der Waals surface area (Å²) in [5.74, 6) is 0.176. The summed E-state index contributed by atoms with van der Waals surface area (Å²) in [7, 11) is 0. The lowest BCUT2D eigenvalue weighted by molar-refractivity contribution is -0.385. The van der Waals surface area contributed by atoms with Gasteiger partial charge in [0.25, 0.3) is 17.3 Å². The van der Waals surface area contributed by atoms with Gasteiger partial charge in [0.1, 0.15) is 6.04 Å². The predicted octanol–water partition coefficient (Wildman–Crippen LogP) is 4.69. The summed E-state index contributed by atoms with van der Waals surface area (Å²) in [5.41, 5.74) is 2.18. The number of para-hydroxylation sites is 1. The molecule has 1 atom stereocenters. The van der Waals surface area contributed by atoms with E-state index in [2.05, 4.69) is 20.7 Å². The van der Waals surface area contributed by atoms with E-state index in [4.69, 9.17) is 0 Å². The van der Waals surface area contributed by atoms with Crippen LogP contribution in [0.15, 0.2) is 90.1 Å². The molecule has 37 heavy (non-hydrogen) atoms. The third-order valence-corrected chi connectivity index (χ3v) is 5.86. The number of carbonyl (C=O) groups is 1. The van der Waals surface area contributed by atoms with Gasteiger partial charge in [0.15, 0.2) is 5.82 Å². The molecule has 0 saturated carbocycles. The molecule has 1 amide bonds. The molecule has 0 radical (unpaired) electrons. The van der Waals surface area contributed by atoms with Crippen LogP contribution in [0.1, 0.15) is 18.5 Å². The van der Waals surface area contributed by atoms with Crippen molar-refractivity contribution in [3.63, 3.8) is 0 Å². The average Bonchev–Trinajstić information content (AvgIpc) is 3.32. The number of hydrogen-bond acceptors (Lipinski definition) is 8. The second-order valence-electron chi connectivity index (χ2n) is 8.25. The molecule has 1 aromatic heterocycles. The van der Waals surface area contributed by atoms with Crippen molar-refractivity contribution in [2.24, 2.45) is 0 Å². The molecule has 12 nitrogen and oxygen atoms in total. The number of benzene rings is 3. The highest BCUT2D eigenvalue weighted by molar-refractivity contribution is 6.06. The van der Waals surface area contributed by atoms with Crippen molar-refractivity contribution >= 4 is 28.9 Å². The Kier molecular flexibility index (Phi) is 5.89. The first-order valence-corrected chi connectivity index (χ1v) is 11.1. The van der Waals surface area contributed by atoms with Gasteiger partial charge in [-0.25, -0.2) is 4.68 Å². The zero-order valence-electron chi connectivity index (χ0n) is 19.4. The van der Waals surface area contributed by atoms with Gasteiger partial charge in [-0.15, -0.1) is 5.10 Å². The smallest absolute Gasteiger partial charge is 0.269 e. The number of amides is 1. The molecule has 5 rings (SSSR count). The predicted molar refractivity (Wildman–Crippen MR) is 135 cm³/mol. The summed E-state index contributed by atoms with van der Waals surface area (Å²) in [4.78, 5) is 39.5. The number of anilines is 2. The van der Waals surface area contributed by atoms with Crippen LogP contribution in [-0.2, 0) is 4.79 Å². The molecule has 2 N–H and O–H groups in total. The molecule has 0 fully saturated rings.